The van der Waals surface area contributed by atoms with Crippen LogP contribution in [0.2, 0.25) is 0 Å². The summed E-state index contributed by atoms with van der Waals surface area (Å²) in [5, 5.41) is 10.9. The summed E-state index contributed by atoms with van der Waals surface area (Å²) in [6.07, 6.45) is 3.22. The van der Waals surface area contributed by atoms with Crippen LogP contribution in [0.25, 0.3) is 11.0 Å². The average molecular weight is 269 g/mol. The number of aromatic amines is 1. The van der Waals surface area contributed by atoms with Gasteiger partial charge in [-0.25, -0.2) is 9.97 Å². The molecule has 0 saturated carbocycles. The molecule has 0 spiro atoms. The van der Waals surface area contributed by atoms with Gasteiger partial charge >= 0.3 is 0 Å². The van der Waals surface area contributed by atoms with E-state index in [4.69, 9.17) is 4.74 Å². The van der Waals surface area contributed by atoms with Crippen molar-refractivity contribution in [1.82, 2.24) is 20.2 Å². The van der Waals surface area contributed by atoms with Crippen LogP contribution in [-0.4, -0.2) is 26.8 Å². The van der Waals surface area contributed by atoms with Crippen molar-refractivity contribution in [3.05, 3.63) is 42.4 Å². The van der Waals surface area contributed by atoms with Crippen LogP contribution in [0.3, 0.4) is 0 Å². The van der Waals surface area contributed by atoms with Crippen molar-refractivity contribution in [1.29, 1.82) is 0 Å². The summed E-state index contributed by atoms with van der Waals surface area (Å²) in [5.41, 5.74) is 2.80. The van der Waals surface area contributed by atoms with E-state index >= 15 is 0 Å². The van der Waals surface area contributed by atoms with E-state index in [1.54, 1.807) is 6.20 Å². The highest BCUT2D eigenvalue weighted by Crippen LogP contribution is 2.22. The number of hydrogen-bond donors (Lipinski definition) is 2. The number of rotatable bonds is 5. The van der Waals surface area contributed by atoms with Gasteiger partial charge in [0.1, 0.15) is 12.1 Å². The zero-order valence-corrected chi connectivity index (χ0v) is 11.1. The Morgan fingerprint density at radius 3 is 3.15 bits per heavy atom. The monoisotopic (exact) mass is 269 g/mol. The molecule has 0 fully saturated rings. The minimum absolute atomic E-state index is 0.608. The highest BCUT2D eigenvalue weighted by Gasteiger charge is 2.05. The predicted octanol–water partition coefficient (Wildman–Crippen LogP) is 2.63. The molecule has 2 aromatic heterocycles. The summed E-state index contributed by atoms with van der Waals surface area (Å²) in [6.45, 7) is 3.30. The molecular formula is C14H15N5O. The van der Waals surface area contributed by atoms with Gasteiger partial charge in [-0.2, -0.15) is 5.10 Å². The molecule has 3 aromatic rings. The van der Waals surface area contributed by atoms with Crippen molar-refractivity contribution in [3.63, 3.8) is 0 Å². The Bertz CT molecular complexity index is 709. The van der Waals surface area contributed by atoms with Gasteiger partial charge in [0.25, 0.3) is 0 Å². The minimum atomic E-state index is 0.608. The Labute approximate surface area is 116 Å². The van der Waals surface area contributed by atoms with Crippen molar-refractivity contribution in [2.24, 2.45) is 0 Å². The number of H-pyrrole nitrogens is 1. The lowest BCUT2D eigenvalue weighted by molar-refractivity contribution is 0.134. The van der Waals surface area contributed by atoms with E-state index in [-0.39, 0.29) is 0 Å². The highest BCUT2D eigenvalue weighted by molar-refractivity contribution is 5.87. The zero-order valence-electron chi connectivity index (χ0n) is 11.1. The first-order valence-electron chi connectivity index (χ1n) is 6.44. The lowest BCUT2D eigenvalue weighted by Gasteiger charge is -2.08. The van der Waals surface area contributed by atoms with Gasteiger partial charge < -0.3 is 10.1 Å². The van der Waals surface area contributed by atoms with E-state index in [2.05, 4.69) is 25.5 Å². The Kier molecular flexibility index (Phi) is 3.56. The Morgan fingerprint density at radius 1 is 1.30 bits per heavy atom. The number of nitrogens with one attached hydrogen (secondary N) is 2. The molecule has 0 unspecified atom stereocenters. The number of nitrogens with zero attached hydrogens (tertiary/aromatic N) is 3. The van der Waals surface area contributed by atoms with Gasteiger partial charge in [-0.05, 0) is 24.6 Å². The van der Waals surface area contributed by atoms with Crippen LogP contribution < -0.4 is 5.32 Å². The molecule has 0 aliphatic carbocycles. The maximum Gasteiger partial charge on any atom is 0.160 e. The van der Waals surface area contributed by atoms with Gasteiger partial charge in [-0.3, -0.25) is 5.10 Å². The molecule has 6 heteroatoms. The van der Waals surface area contributed by atoms with Crippen LogP contribution in [0.5, 0.6) is 0 Å². The van der Waals surface area contributed by atoms with Crippen LogP contribution in [-0.2, 0) is 11.3 Å². The highest BCUT2D eigenvalue weighted by atomic mass is 16.5. The first kappa shape index (κ1) is 12.6. The Balaban J connectivity index is 1.85. The number of benzene rings is 1. The summed E-state index contributed by atoms with van der Waals surface area (Å²) in [7, 11) is 0. The molecule has 0 bridgehead atoms. The van der Waals surface area contributed by atoms with E-state index in [0.717, 1.165) is 22.5 Å². The summed E-state index contributed by atoms with van der Waals surface area (Å²) < 4.78 is 5.41. The third kappa shape index (κ3) is 2.60. The van der Waals surface area contributed by atoms with E-state index in [9.17, 15) is 0 Å². The maximum atomic E-state index is 5.41. The second-order valence-electron chi connectivity index (χ2n) is 4.32. The number of hydrogen-bond acceptors (Lipinski definition) is 5. The summed E-state index contributed by atoms with van der Waals surface area (Å²) in [4.78, 5) is 8.37. The van der Waals surface area contributed by atoms with Gasteiger partial charge in [0.05, 0.1) is 18.2 Å². The third-order valence-electron chi connectivity index (χ3n) is 2.91. The standard InChI is InChI=1S/C14H15N5O/c1-2-20-8-10-4-3-5-11(6-10)18-13-12-7-17-19-14(12)16-9-15-13/h3-7,9H,2,8H2,1H3,(H2,15,16,17,18,19). The molecule has 0 aliphatic heterocycles. The van der Waals surface area contributed by atoms with Gasteiger partial charge in [0, 0.05) is 12.3 Å². The Morgan fingerprint density at radius 2 is 2.25 bits per heavy atom. The molecule has 1 aromatic carbocycles. The zero-order chi connectivity index (χ0) is 13.8. The molecule has 0 radical (unpaired) electrons. The molecule has 3 rings (SSSR count). The molecule has 6 nitrogen and oxygen atoms in total. The average Bonchev–Trinajstić information content (AvgIpc) is 2.95. The molecule has 2 N–H and O–H groups in total. The number of anilines is 2. The molecule has 0 amide bonds. The van der Waals surface area contributed by atoms with Crippen LogP contribution in [0, 0.1) is 0 Å². The molecule has 2 heterocycles. The van der Waals surface area contributed by atoms with Crippen molar-refractivity contribution in [2.75, 3.05) is 11.9 Å². The molecular weight excluding hydrogens is 254 g/mol. The maximum absolute atomic E-state index is 5.41. The van der Waals surface area contributed by atoms with Gasteiger partial charge in [0.15, 0.2) is 5.65 Å². The van der Waals surface area contributed by atoms with Crippen molar-refractivity contribution in [2.45, 2.75) is 13.5 Å². The normalized spacial score (nSPS) is 10.8. The van der Waals surface area contributed by atoms with E-state index < -0.39 is 0 Å². The SMILES string of the molecule is CCOCc1cccc(Nc2ncnc3[nH]ncc23)c1. The quantitative estimate of drug-likeness (QED) is 0.744. The first-order chi connectivity index (χ1) is 9.86. The van der Waals surface area contributed by atoms with Crippen molar-refractivity contribution >= 4 is 22.5 Å². The molecule has 0 saturated heterocycles. The van der Waals surface area contributed by atoms with Crippen LogP contribution in [0.1, 0.15) is 12.5 Å². The Hall–Kier alpha value is -2.47. The minimum Gasteiger partial charge on any atom is -0.377 e. The predicted molar refractivity (Wildman–Crippen MR) is 76.7 cm³/mol. The van der Waals surface area contributed by atoms with Gasteiger partial charge in [0.2, 0.25) is 0 Å². The smallest absolute Gasteiger partial charge is 0.160 e. The van der Waals surface area contributed by atoms with E-state index in [0.29, 0.717) is 18.9 Å². The molecule has 102 valence electrons. The fraction of sp³-hybridized carbons (Fsp3) is 0.214. The van der Waals surface area contributed by atoms with Gasteiger partial charge in [-0.15, -0.1) is 0 Å². The van der Waals surface area contributed by atoms with Crippen molar-refractivity contribution < 1.29 is 4.74 Å². The lowest BCUT2D eigenvalue weighted by Crippen LogP contribution is -1.97. The summed E-state index contributed by atoms with van der Waals surface area (Å²) in [5.74, 6) is 0.734. The van der Waals surface area contributed by atoms with Crippen LogP contribution in [0.4, 0.5) is 11.5 Å². The first-order valence-corrected chi connectivity index (χ1v) is 6.44. The fourth-order valence-corrected chi connectivity index (χ4v) is 1.96. The van der Waals surface area contributed by atoms with Crippen LogP contribution >= 0.6 is 0 Å². The number of aromatic nitrogens is 4. The third-order valence-corrected chi connectivity index (χ3v) is 2.91. The topological polar surface area (TPSA) is 75.7 Å². The second kappa shape index (κ2) is 5.66. The fourth-order valence-electron chi connectivity index (χ4n) is 1.96. The second-order valence-corrected chi connectivity index (χ2v) is 4.32. The van der Waals surface area contributed by atoms with Gasteiger partial charge in [-0.1, -0.05) is 12.1 Å². The summed E-state index contributed by atoms with van der Waals surface area (Å²) >= 11 is 0. The largest absolute Gasteiger partial charge is 0.377 e. The molecule has 0 aliphatic rings. The van der Waals surface area contributed by atoms with E-state index in [1.807, 2.05) is 31.2 Å². The van der Waals surface area contributed by atoms with Crippen LogP contribution in [0.15, 0.2) is 36.8 Å². The lowest BCUT2D eigenvalue weighted by atomic mass is 10.2. The summed E-state index contributed by atoms with van der Waals surface area (Å²) in [6, 6.07) is 8.06. The van der Waals surface area contributed by atoms with E-state index in [1.165, 1.54) is 6.33 Å². The number of ether oxygens (including phenoxy) is 1. The molecule has 20 heavy (non-hydrogen) atoms. The van der Waals surface area contributed by atoms with Crippen molar-refractivity contribution in [3.8, 4) is 0 Å². The number of fused-ring (bicyclic) bond motifs is 1. The molecule has 0 atom stereocenters.